The van der Waals surface area contributed by atoms with Crippen LogP contribution in [-0.2, 0) is 13.0 Å². The molecule has 0 amide bonds. The molecule has 2 heteroatoms. The Balaban J connectivity index is 2.47. The van der Waals surface area contributed by atoms with E-state index in [-0.39, 0.29) is 0 Å². The molecule has 3 rings (SSSR count). The minimum absolute atomic E-state index is 0.660. The number of nitrogens with zero attached hydrogens (tertiary/aromatic N) is 1. The Labute approximate surface area is 82.7 Å². The normalized spacial score (nSPS) is 13.8. The number of benzene rings is 1. The Morgan fingerprint density at radius 3 is 3.07 bits per heavy atom. The quantitative estimate of drug-likeness (QED) is 0.660. The Morgan fingerprint density at radius 2 is 2.29 bits per heavy atom. The molecule has 1 aliphatic rings. The molecule has 0 radical (unpaired) electrons. The van der Waals surface area contributed by atoms with Gasteiger partial charge in [0.15, 0.2) is 0 Å². The third-order valence-electron chi connectivity index (χ3n) is 3.01. The summed E-state index contributed by atoms with van der Waals surface area (Å²) in [6, 6.07) is 6.41. The lowest BCUT2D eigenvalue weighted by Gasteiger charge is -1.97. The molecule has 0 fully saturated rings. The van der Waals surface area contributed by atoms with Crippen LogP contribution in [0.2, 0.25) is 0 Å². The van der Waals surface area contributed by atoms with Crippen LogP contribution in [0.5, 0.6) is 0 Å². The maximum Gasteiger partial charge on any atom is 0.0520 e. The van der Waals surface area contributed by atoms with Gasteiger partial charge in [-0.3, -0.25) is 0 Å². The van der Waals surface area contributed by atoms with Crippen LogP contribution in [0.3, 0.4) is 0 Å². The van der Waals surface area contributed by atoms with E-state index in [0.29, 0.717) is 5.71 Å². The first-order chi connectivity index (χ1) is 6.77. The van der Waals surface area contributed by atoms with Crippen LogP contribution in [0.4, 0.5) is 0 Å². The largest absolute Gasteiger partial charge is 0.346 e. The number of nitrogens with one attached hydrogen (secondary N) is 1. The lowest BCUT2D eigenvalue weighted by molar-refractivity contribution is 0.770. The van der Waals surface area contributed by atoms with Gasteiger partial charge >= 0.3 is 0 Å². The van der Waals surface area contributed by atoms with Crippen LogP contribution in [0.25, 0.3) is 10.9 Å². The van der Waals surface area contributed by atoms with Crippen LogP contribution >= 0.6 is 0 Å². The zero-order chi connectivity index (χ0) is 9.71. The zero-order valence-electron chi connectivity index (χ0n) is 8.17. The molecular formula is C12H12N2. The molecular weight excluding hydrogens is 172 g/mol. The first-order valence-corrected chi connectivity index (χ1v) is 4.93. The lowest BCUT2D eigenvalue weighted by atomic mass is 10.1. The summed E-state index contributed by atoms with van der Waals surface area (Å²) in [5.41, 5.74) is 4.51. The highest BCUT2D eigenvalue weighted by atomic mass is 15.0. The van der Waals surface area contributed by atoms with Crippen LogP contribution in [0.15, 0.2) is 24.4 Å². The monoisotopic (exact) mass is 184 g/mol. The molecule has 1 aliphatic heterocycles. The van der Waals surface area contributed by atoms with Crippen molar-refractivity contribution in [2.75, 3.05) is 0 Å². The predicted molar refractivity (Wildman–Crippen MR) is 58.1 cm³/mol. The summed E-state index contributed by atoms with van der Waals surface area (Å²) in [7, 11) is 0. The summed E-state index contributed by atoms with van der Waals surface area (Å²) in [5, 5.41) is 8.96. The van der Waals surface area contributed by atoms with Gasteiger partial charge in [-0.05, 0) is 18.9 Å². The van der Waals surface area contributed by atoms with Gasteiger partial charge in [0, 0.05) is 29.4 Å². The molecule has 0 bridgehead atoms. The number of rotatable bonds is 1. The Morgan fingerprint density at radius 1 is 1.43 bits per heavy atom. The van der Waals surface area contributed by atoms with Crippen LogP contribution < -0.4 is 0 Å². The van der Waals surface area contributed by atoms with Crippen molar-refractivity contribution < 1.29 is 0 Å². The summed E-state index contributed by atoms with van der Waals surface area (Å²) < 4.78 is 2.28. The minimum atomic E-state index is 0.660. The standard InChI is InChI=1S/C12H12N2/c1-8(13)11-7-14-6-5-9-3-2-4-10(11)12(9)14/h2-4,7,13H,5-6H2,1H3. The second-order valence-electron chi connectivity index (χ2n) is 3.92. The number of aromatic nitrogens is 1. The molecule has 70 valence electrons. The van der Waals surface area contributed by atoms with E-state index in [1.807, 2.05) is 6.92 Å². The van der Waals surface area contributed by atoms with Crippen molar-refractivity contribution in [1.29, 1.82) is 5.41 Å². The average molecular weight is 184 g/mol. The maximum atomic E-state index is 7.71. The fourth-order valence-electron chi connectivity index (χ4n) is 2.36. The topological polar surface area (TPSA) is 28.8 Å². The van der Waals surface area contributed by atoms with E-state index >= 15 is 0 Å². The highest BCUT2D eigenvalue weighted by Crippen LogP contribution is 2.29. The molecule has 0 unspecified atom stereocenters. The second kappa shape index (κ2) is 2.47. The van der Waals surface area contributed by atoms with Crippen molar-refractivity contribution in [2.24, 2.45) is 0 Å². The summed E-state index contributed by atoms with van der Waals surface area (Å²) in [6.45, 7) is 2.93. The molecule has 2 nitrogen and oxygen atoms in total. The third kappa shape index (κ3) is 0.830. The maximum absolute atomic E-state index is 7.71. The smallest absolute Gasteiger partial charge is 0.0520 e. The zero-order valence-corrected chi connectivity index (χ0v) is 8.17. The van der Waals surface area contributed by atoms with E-state index in [0.717, 1.165) is 18.5 Å². The summed E-state index contributed by atoms with van der Waals surface area (Å²) in [6.07, 6.45) is 3.26. The predicted octanol–water partition coefficient (Wildman–Crippen LogP) is 2.59. The summed E-state index contributed by atoms with van der Waals surface area (Å²) in [4.78, 5) is 0. The molecule has 0 atom stereocenters. The number of hydrogen-bond acceptors (Lipinski definition) is 1. The Bertz CT molecular complexity index is 534. The van der Waals surface area contributed by atoms with Gasteiger partial charge in [0.2, 0.25) is 0 Å². The number of hydrogen-bond donors (Lipinski definition) is 1. The van der Waals surface area contributed by atoms with Gasteiger partial charge in [-0.1, -0.05) is 18.2 Å². The molecule has 0 aliphatic carbocycles. The van der Waals surface area contributed by atoms with Crippen LogP contribution in [0.1, 0.15) is 18.1 Å². The number of aryl methyl sites for hydroxylation is 2. The van der Waals surface area contributed by atoms with E-state index < -0.39 is 0 Å². The van der Waals surface area contributed by atoms with Gasteiger partial charge in [-0.25, -0.2) is 0 Å². The average Bonchev–Trinajstić information content (AvgIpc) is 2.72. The van der Waals surface area contributed by atoms with Gasteiger partial charge < -0.3 is 9.98 Å². The van der Waals surface area contributed by atoms with Gasteiger partial charge in [0.05, 0.1) is 5.52 Å². The minimum Gasteiger partial charge on any atom is -0.346 e. The van der Waals surface area contributed by atoms with Gasteiger partial charge in [-0.15, -0.1) is 0 Å². The van der Waals surface area contributed by atoms with E-state index in [1.165, 1.54) is 16.5 Å². The third-order valence-corrected chi connectivity index (χ3v) is 3.01. The van der Waals surface area contributed by atoms with Crippen molar-refractivity contribution in [1.82, 2.24) is 4.57 Å². The lowest BCUT2D eigenvalue weighted by Crippen LogP contribution is -1.93. The SMILES string of the molecule is CC(=N)c1cn2c3c(cccc13)CC2. The van der Waals surface area contributed by atoms with Crippen molar-refractivity contribution in [2.45, 2.75) is 19.9 Å². The molecule has 0 saturated heterocycles. The van der Waals surface area contributed by atoms with Gasteiger partial charge in [0.25, 0.3) is 0 Å². The molecule has 1 aromatic heterocycles. The van der Waals surface area contributed by atoms with Crippen molar-refractivity contribution in [3.8, 4) is 0 Å². The fraction of sp³-hybridized carbons (Fsp3) is 0.250. The fourth-order valence-corrected chi connectivity index (χ4v) is 2.36. The van der Waals surface area contributed by atoms with E-state index in [2.05, 4.69) is 29.0 Å². The molecule has 2 heterocycles. The summed E-state index contributed by atoms with van der Waals surface area (Å²) >= 11 is 0. The second-order valence-corrected chi connectivity index (χ2v) is 3.92. The molecule has 1 aromatic carbocycles. The number of para-hydroxylation sites is 1. The molecule has 1 N–H and O–H groups in total. The molecule has 2 aromatic rings. The highest BCUT2D eigenvalue weighted by Gasteiger charge is 2.17. The van der Waals surface area contributed by atoms with Crippen molar-refractivity contribution >= 4 is 16.6 Å². The van der Waals surface area contributed by atoms with Crippen molar-refractivity contribution in [3.63, 3.8) is 0 Å². The molecule has 14 heavy (non-hydrogen) atoms. The van der Waals surface area contributed by atoms with Crippen LogP contribution in [-0.4, -0.2) is 10.3 Å². The van der Waals surface area contributed by atoms with Gasteiger partial charge in [0.1, 0.15) is 0 Å². The Hall–Kier alpha value is -1.57. The van der Waals surface area contributed by atoms with Crippen LogP contribution in [0, 0.1) is 5.41 Å². The Kier molecular flexibility index (Phi) is 1.38. The molecule has 0 saturated carbocycles. The van der Waals surface area contributed by atoms with Gasteiger partial charge in [-0.2, -0.15) is 0 Å². The first-order valence-electron chi connectivity index (χ1n) is 4.93. The van der Waals surface area contributed by atoms with E-state index in [9.17, 15) is 0 Å². The highest BCUT2D eigenvalue weighted by molar-refractivity contribution is 6.09. The van der Waals surface area contributed by atoms with E-state index in [1.54, 1.807) is 0 Å². The van der Waals surface area contributed by atoms with E-state index in [4.69, 9.17) is 5.41 Å². The molecule has 0 spiro atoms. The first kappa shape index (κ1) is 7.80. The summed E-state index contributed by atoms with van der Waals surface area (Å²) in [5.74, 6) is 0. The van der Waals surface area contributed by atoms with Crippen molar-refractivity contribution in [3.05, 3.63) is 35.5 Å².